The van der Waals surface area contributed by atoms with E-state index >= 15 is 0 Å². The van der Waals surface area contributed by atoms with Crippen LogP contribution in [0.25, 0.3) is 0 Å². The maximum Gasteiger partial charge on any atom is 0.268 e. The summed E-state index contributed by atoms with van der Waals surface area (Å²) in [5.41, 5.74) is 0.399. The van der Waals surface area contributed by atoms with E-state index in [1.807, 2.05) is 0 Å². The molecule has 2 rings (SSSR count). The number of rotatable bonds is 2. The van der Waals surface area contributed by atoms with Gasteiger partial charge in [-0.2, -0.15) is 0 Å². The van der Waals surface area contributed by atoms with E-state index in [0.29, 0.717) is 5.69 Å². The molecule has 0 fully saturated rings. The summed E-state index contributed by atoms with van der Waals surface area (Å²) in [7, 11) is -7.55. The zero-order valence-electron chi connectivity index (χ0n) is 10.7. The molecule has 1 N–H and O–H groups in total. The second-order valence-electron chi connectivity index (χ2n) is 4.34. The van der Waals surface area contributed by atoms with Crippen LogP contribution in [0.1, 0.15) is 6.92 Å². The lowest BCUT2D eigenvalue weighted by Crippen LogP contribution is -2.33. The van der Waals surface area contributed by atoms with Crippen LogP contribution < -0.4 is 5.32 Å². The van der Waals surface area contributed by atoms with Crippen LogP contribution in [0.2, 0.25) is 0 Å². The normalized spacial score (nSPS) is 20.4. The first-order valence-electron chi connectivity index (χ1n) is 5.77. The molecule has 1 amide bonds. The average molecular weight is 315 g/mol. The first-order valence-corrected chi connectivity index (χ1v) is 9.07. The zero-order valence-corrected chi connectivity index (χ0v) is 12.3. The Balaban J connectivity index is 2.46. The van der Waals surface area contributed by atoms with E-state index in [9.17, 15) is 21.6 Å². The molecule has 1 aromatic rings. The van der Waals surface area contributed by atoms with E-state index in [0.717, 1.165) is 6.92 Å². The minimum absolute atomic E-state index is 0.391. The summed E-state index contributed by atoms with van der Waals surface area (Å²) in [5.74, 6) is -1.97. The predicted molar refractivity (Wildman–Crippen MR) is 75.3 cm³/mol. The number of nitrogens with one attached hydrogen (secondary N) is 1. The molecular weight excluding hydrogens is 302 g/mol. The molecule has 1 aromatic carbocycles. The minimum atomic E-state index is -3.87. The van der Waals surface area contributed by atoms with Gasteiger partial charge in [-0.15, -0.1) is 0 Å². The summed E-state index contributed by atoms with van der Waals surface area (Å²) >= 11 is 0. The van der Waals surface area contributed by atoms with Crippen LogP contribution in [-0.2, 0) is 24.5 Å². The van der Waals surface area contributed by atoms with E-state index < -0.39 is 46.9 Å². The topological polar surface area (TPSA) is 97.4 Å². The Kier molecular flexibility index (Phi) is 3.70. The van der Waals surface area contributed by atoms with Gasteiger partial charge in [0, 0.05) is 5.69 Å². The van der Waals surface area contributed by atoms with Crippen molar-refractivity contribution in [1.29, 1.82) is 0 Å². The SMILES string of the molecule is CC1=C(C(=O)Nc2ccccc2)S(=O)(=O)CCS1(=O)=O. The molecule has 1 aliphatic heterocycles. The van der Waals surface area contributed by atoms with Gasteiger partial charge in [0.15, 0.2) is 19.7 Å². The molecule has 1 aliphatic rings. The summed E-state index contributed by atoms with van der Waals surface area (Å²) in [6, 6.07) is 8.24. The monoisotopic (exact) mass is 315 g/mol. The Morgan fingerprint density at radius 2 is 1.55 bits per heavy atom. The van der Waals surface area contributed by atoms with E-state index in [-0.39, 0.29) is 0 Å². The molecule has 6 nitrogen and oxygen atoms in total. The maximum atomic E-state index is 12.1. The third-order valence-corrected chi connectivity index (χ3v) is 7.08. The van der Waals surface area contributed by atoms with Crippen LogP contribution in [0.5, 0.6) is 0 Å². The molecule has 0 saturated heterocycles. The zero-order chi connectivity index (χ0) is 15.0. The maximum absolute atomic E-state index is 12.1. The van der Waals surface area contributed by atoms with Crippen LogP contribution >= 0.6 is 0 Å². The van der Waals surface area contributed by atoms with Crippen molar-refractivity contribution in [3.8, 4) is 0 Å². The van der Waals surface area contributed by atoms with Crippen LogP contribution in [0, 0.1) is 0 Å². The lowest BCUT2D eigenvalue weighted by molar-refractivity contribution is -0.112. The van der Waals surface area contributed by atoms with Crippen molar-refractivity contribution in [2.24, 2.45) is 0 Å². The first kappa shape index (κ1) is 14.7. The highest BCUT2D eigenvalue weighted by Gasteiger charge is 2.37. The molecule has 0 aromatic heterocycles. The second kappa shape index (κ2) is 5.02. The van der Waals surface area contributed by atoms with Gasteiger partial charge in [-0.1, -0.05) is 18.2 Å². The van der Waals surface area contributed by atoms with Crippen molar-refractivity contribution in [2.45, 2.75) is 6.92 Å². The van der Waals surface area contributed by atoms with Gasteiger partial charge in [-0.25, -0.2) is 16.8 Å². The molecule has 0 aliphatic carbocycles. The molecule has 0 bridgehead atoms. The highest BCUT2D eigenvalue weighted by Crippen LogP contribution is 2.26. The third-order valence-electron chi connectivity index (χ3n) is 2.96. The fraction of sp³-hybridized carbons (Fsp3) is 0.250. The molecule has 0 radical (unpaired) electrons. The molecule has 108 valence electrons. The smallest absolute Gasteiger partial charge is 0.268 e. The Labute approximate surface area is 117 Å². The van der Waals surface area contributed by atoms with Gasteiger partial charge in [0.1, 0.15) is 4.91 Å². The van der Waals surface area contributed by atoms with E-state index in [1.165, 1.54) is 0 Å². The van der Waals surface area contributed by atoms with Crippen molar-refractivity contribution in [3.05, 3.63) is 40.1 Å². The molecule has 20 heavy (non-hydrogen) atoms. The van der Waals surface area contributed by atoms with Gasteiger partial charge in [0.05, 0.1) is 16.4 Å². The van der Waals surface area contributed by atoms with Gasteiger partial charge < -0.3 is 5.32 Å². The van der Waals surface area contributed by atoms with Gasteiger partial charge in [0.2, 0.25) is 0 Å². The summed E-state index contributed by atoms with van der Waals surface area (Å²) in [4.78, 5) is 11.0. The fourth-order valence-corrected chi connectivity index (χ4v) is 6.02. The number of hydrogen-bond acceptors (Lipinski definition) is 5. The van der Waals surface area contributed by atoms with E-state index in [4.69, 9.17) is 0 Å². The number of hydrogen-bond donors (Lipinski definition) is 1. The average Bonchev–Trinajstić information content (AvgIpc) is 2.36. The van der Waals surface area contributed by atoms with E-state index in [1.54, 1.807) is 30.3 Å². The largest absolute Gasteiger partial charge is 0.321 e. The number of carbonyl (C=O) groups excluding carboxylic acids is 1. The Morgan fingerprint density at radius 3 is 2.15 bits per heavy atom. The first-order chi connectivity index (χ1) is 9.24. The number of para-hydroxylation sites is 1. The van der Waals surface area contributed by atoms with Crippen molar-refractivity contribution in [2.75, 3.05) is 16.8 Å². The van der Waals surface area contributed by atoms with Gasteiger partial charge >= 0.3 is 0 Å². The number of allylic oxidation sites excluding steroid dienone is 1. The van der Waals surface area contributed by atoms with Gasteiger partial charge in [-0.05, 0) is 19.1 Å². The van der Waals surface area contributed by atoms with Crippen LogP contribution in [0.3, 0.4) is 0 Å². The highest BCUT2D eigenvalue weighted by atomic mass is 32.2. The van der Waals surface area contributed by atoms with Crippen LogP contribution in [-0.4, -0.2) is 34.2 Å². The minimum Gasteiger partial charge on any atom is -0.321 e. The molecule has 8 heteroatoms. The standard InChI is InChI=1S/C12H13NO5S2/c1-9-11(20(17,18)8-7-19(9,15)16)12(14)13-10-5-3-2-4-6-10/h2-6H,7-8H2,1H3,(H,13,14). The van der Waals surface area contributed by atoms with Crippen molar-refractivity contribution < 1.29 is 21.6 Å². The van der Waals surface area contributed by atoms with Crippen molar-refractivity contribution in [1.82, 2.24) is 0 Å². The third kappa shape index (κ3) is 2.75. The molecule has 0 spiro atoms. The molecule has 0 unspecified atom stereocenters. The molecule has 1 heterocycles. The van der Waals surface area contributed by atoms with Crippen molar-refractivity contribution >= 4 is 31.3 Å². The lowest BCUT2D eigenvalue weighted by Gasteiger charge is -2.18. The fourth-order valence-electron chi connectivity index (χ4n) is 1.85. The molecule has 0 saturated carbocycles. The lowest BCUT2D eigenvalue weighted by atomic mass is 10.3. The highest BCUT2D eigenvalue weighted by molar-refractivity contribution is 8.02. The van der Waals surface area contributed by atoms with Gasteiger partial charge in [-0.3, -0.25) is 4.79 Å². The number of amides is 1. The predicted octanol–water partition coefficient (Wildman–Crippen LogP) is 0.700. The molecule has 0 atom stereocenters. The van der Waals surface area contributed by atoms with E-state index in [2.05, 4.69) is 5.32 Å². The number of carbonyl (C=O) groups is 1. The Bertz CT molecular complexity index is 776. The van der Waals surface area contributed by atoms with Crippen molar-refractivity contribution in [3.63, 3.8) is 0 Å². The van der Waals surface area contributed by atoms with Gasteiger partial charge in [0.25, 0.3) is 5.91 Å². The summed E-state index contributed by atoms with van der Waals surface area (Å²) in [6.07, 6.45) is 0. The van der Waals surface area contributed by atoms with Crippen LogP contribution in [0.15, 0.2) is 40.1 Å². The van der Waals surface area contributed by atoms with Crippen LogP contribution in [0.4, 0.5) is 5.69 Å². The molecular formula is C12H13NO5S2. The number of benzene rings is 1. The Hall–Kier alpha value is -1.67. The summed E-state index contributed by atoms with van der Waals surface area (Å²) in [5, 5.41) is 2.40. The Morgan fingerprint density at radius 1 is 1.00 bits per heavy atom. The number of sulfone groups is 2. The summed E-state index contributed by atoms with van der Waals surface area (Å²) in [6.45, 7) is 1.14. The second-order valence-corrected chi connectivity index (χ2v) is 8.64. The quantitative estimate of drug-likeness (QED) is 0.866. The number of anilines is 1. The summed E-state index contributed by atoms with van der Waals surface area (Å²) < 4.78 is 47.3.